The van der Waals surface area contributed by atoms with Gasteiger partial charge in [-0.1, -0.05) is 6.07 Å². The molecule has 0 radical (unpaired) electrons. The van der Waals surface area contributed by atoms with Gasteiger partial charge in [0.05, 0.1) is 0 Å². The Morgan fingerprint density at radius 3 is 1.62 bits per heavy atom. The molecule has 0 unspecified atom stereocenters. The van der Waals surface area contributed by atoms with Crippen molar-refractivity contribution < 1.29 is 142 Å². The van der Waals surface area contributed by atoms with E-state index in [0.717, 1.165) is 6.07 Å². The Morgan fingerprint density at radius 2 is 1.12 bits per heavy atom. The molecule has 5 N–H and O–H groups in total. The van der Waals surface area contributed by atoms with Crippen LogP contribution < -0.4 is 72.9 Å². The molecular formula is C15H14KO21S5+. The summed E-state index contributed by atoms with van der Waals surface area (Å²) in [7, 11) is -26.6. The summed E-state index contributed by atoms with van der Waals surface area (Å²) >= 11 is 0. The first-order valence-corrected chi connectivity index (χ1v) is 16.5. The molecule has 2 aromatic carbocycles. The first-order chi connectivity index (χ1) is 18.4. The summed E-state index contributed by atoms with van der Waals surface area (Å²) in [5, 5.41) is 0. The maximum atomic E-state index is 11.5. The molecule has 2 aromatic rings. The van der Waals surface area contributed by atoms with Crippen LogP contribution in [0.1, 0.15) is 17.2 Å². The van der Waals surface area contributed by atoms with Gasteiger partial charge in [0, 0.05) is 24.1 Å². The number of rotatable bonds is 11. The second-order valence-corrected chi connectivity index (χ2v) is 12.6. The summed E-state index contributed by atoms with van der Waals surface area (Å²) in [6.45, 7) is 0. The molecule has 0 amide bonds. The van der Waals surface area contributed by atoms with Gasteiger partial charge in [0.15, 0.2) is 29.1 Å². The normalized spacial score (nSPS) is 17.6. The van der Waals surface area contributed by atoms with Gasteiger partial charge in [-0.3, -0.25) is 22.8 Å². The van der Waals surface area contributed by atoms with Crippen molar-refractivity contribution in [3.63, 3.8) is 0 Å². The molecule has 0 saturated carbocycles. The van der Waals surface area contributed by atoms with Crippen molar-refractivity contribution in [2.75, 3.05) is 0 Å². The van der Waals surface area contributed by atoms with Crippen molar-refractivity contribution >= 4 is 52.0 Å². The van der Waals surface area contributed by atoms with Crippen molar-refractivity contribution in [2.24, 2.45) is 0 Å². The van der Waals surface area contributed by atoms with Crippen LogP contribution in [0.5, 0.6) is 28.7 Å². The predicted octanol–water partition coefficient (Wildman–Crippen LogP) is -3.72. The standard InChI is InChI=1S/C15H14O21S5.K/c16-37(17,18)32-8-4-11-9(12(5-8)34-39(22,23)24)6-14(36-41(28,29)30)15(31-11)7-1-2-10(33-38(19,20)21)13(3-7)35-40(25,26)27;/h1-5,14-15H,6H2,(H,16,17,18)(H,19,20,21)(H,22,23,24)(H,25,26,27)(H,28,29,30);/q;+1/t14-,15+;/m0./s1. The number of fused-ring (bicyclic) bond motifs is 1. The third-order valence-electron chi connectivity index (χ3n) is 4.47. The Labute approximate surface area is 279 Å². The quantitative estimate of drug-likeness (QED) is 0.110. The average molecular weight is 730 g/mol. The van der Waals surface area contributed by atoms with Gasteiger partial charge in [-0.05, 0) is 17.7 Å². The number of hydrogen-bond donors (Lipinski definition) is 5. The van der Waals surface area contributed by atoms with Crippen molar-refractivity contribution in [3.8, 4) is 28.7 Å². The molecule has 0 fully saturated rings. The number of benzene rings is 2. The van der Waals surface area contributed by atoms with Crippen LogP contribution in [0.15, 0.2) is 30.3 Å². The number of ether oxygens (including phenoxy) is 1. The minimum absolute atomic E-state index is 0. The zero-order chi connectivity index (χ0) is 31.2. The smallest absolute Gasteiger partial charge is 0.482 e. The maximum absolute atomic E-state index is 11.5. The summed E-state index contributed by atoms with van der Waals surface area (Å²) in [5.74, 6) is -4.60. The third kappa shape index (κ3) is 11.6. The fraction of sp³-hybridized carbons (Fsp3) is 0.200. The van der Waals surface area contributed by atoms with Gasteiger partial charge in [-0.15, -0.1) is 0 Å². The topological polar surface area (TPSA) is 327 Å². The van der Waals surface area contributed by atoms with E-state index in [1.807, 2.05) is 0 Å². The number of hydrogen-bond acceptors (Lipinski definition) is 16. The van der Waals surface area contributed by atoms with Crippen LogP contribution in [-0.2, 0) is 62.6 Å². The molecular weight excluding hydrogens is 716 g/mol. The van der Waals surface area contributed by atoms with E-state index < -0.39 is 110 Å². The zero-order valence-electron chi connectivity index (χ0n) is 20.1. The van der Waals surface area contributed by atoms with Crippen LogP contribution in [0.4, 0.5) is 0 Å². The molecule has 0 spiro atoms. The van der Waals surface area contributed by atoms with E-state index in [1.165, 1.54) is 0 Å². The molecule has 0 bridgehead atoms. The van der Waals surface area contributed by atoms with Gasteiger partial charge in [0.2, 0.25) is 0 Å². The zero-order valence-corrected chi connectivity index (χ0v) is 27.3. The van der Waals surface area contributed by atoms with Gasteiger partial charge in [0.25, 0.3) is 0 Å². The van der Waals surface area contributed by atoms with E-state index in [4.69, 9.17) is 22.9 Å². The molecule has 230 valence electrons. The van der Waals surface area contributed by atoms with E-state index >= 15 is 0 Å². The minimum atomic E-state index is -5.40. The second-order valence-electron chi connectivity index (χ2n) is 7.45. The van der Waals surface area contributed by atoms with E-state index in [-0.39, 0.29) is 51.4 Å². The molecule has 0 aliphatic carbocycles. The molecule has 42 heavy (non-hydrogen) atoms. The monoisotopic (exact) mass is 729 g/mol. The Bertz CT molecular complexity index is 1900. The average Bonchev–Trinajstić information content (AvgIpc) is 2.69. The Balaban J connectivity index is 0.00000616. The molecule has 1 heterocycles. The van der Waals surface area contributed by atoms with Gasteiger partial charge in [-0.2, -0.15) is 42.1 Å². The van der Waals surface area contributed by atoms with Crippen molar-refractivity contribution in [3.05, 3.63) is 41.5 Å². The van der Waals surface area contributed by atoms with Gasteiger partial charge in [-0.25, -0.2) is 4.18 Å². The minimum Gasteiger partial charge on any atom is -0.482 e. The molecule has 1 aliphatic heterocycles. The first kappa shape index (κ1) is 36.8. The summed E-state index contributed by atoms with van der Waals surface area (Å²) in [5.41, 5.74) is -0.875. The Kier molecular flexibility index (Phi) is 11.3. The van der Waals surface area contributed by atoms with Gasteiger partial charge in [0.1, 0.15) is 11.9 Å². The van der Waals surface area contributed by atoms with Crippen LogP contribution in [0.2, 0.25) is 0 Å². The summed E-state index contributed by atoms with van der Waals surface area (Å²) in [4.78, 5) is 0. The van der Waals surface area contributed by atoms with Crippen molar-refractivity contribution in [2.45, 2.75) is 18.6 Å². The maximum Gasteiger partial charge on any atom is 1.00 e. The van der Waals surface area contributed by atoms with E-state index in [2.05, 4.69) is 20.9 Å². The Morgan fingerprint density at radius 1 is 0.619 bits per heavy atom. The molecule has 1 aliphatic rings. The van der Waals surface area contributed by atoms with Crippen LogP contribution in [0.3, 0.4) is 0 Å². The SMILES string of the molecule is O=S(=O)(O)Oc1cc2c(c(OS(=O)(=O)O)c1)C[C@H](OS(=O)(=O)O)[C@@H](c1ccc(OS(=O)(=O)O)c(OS(=O)(=O)O)c1)O2.[K+]. The summed E-state index contributed by atoms with van der Waals surface area (Å²) in [6.07, 6.45) is -4.58. The third-order valence-corrected chi connectivity index (χ3v) is 6.53. The first-order valence-electron chi connectivity index (χ1n) is 9.68. The van der Waals surface area contributed by atoms with E-state index in [9.17, 15) is 46.6 Å². The summed E-state index contributed by atoms with van der Waals surface area (Å²) < 4.78 is 185. The van der Waals surface area contributed by atoms with E-state index in [1.54, 1.807) is 0 Å². The molecule has 0 aromatic heterocycles. The van der Waals surface area contributed by atoms with Gasteiger partial charge < -0.3 is 21.5 Å². The van der Waals surface area contributed by atoms with Crippen LogP contribution >= 0.6 is 0 Å². The Hall–Kier alpha value is -1.41. The van der Waals surface area contributed by atoms with E-state index in [0.29, 0.717) is 24.3 Å². The largest absolute Gasteiger partial charge is 1.00 e. The molecule has 27 heteroatoms. The van der Waals surface area contributed by atoms with Crippen molar-refractivity contribution in [1.82, 2.24) is 0 Å². The fourth-order valence-electron chi connectivity index (χ4n) is 3.37. The predicted molar refractivity (Wildman–Crippen MR) is 125 cm³/mol. The van der Waals surface area contributed by atoms with Gasteiger partial charge >= 0.3 is 103 Å². The molecule has 2 atom stereocenters. The second kappa shape index (κ2) is 12.9. The fourth-order valence-corrected chi connectivity index (χ4v) is 5.28. The van der Waals surface area contributed by atoms with Crippen LogP contribution in [0, 0.1) is 0 Å². The van der Waals surface area contributed by atoms with Crippen molar-refractivity contribution in [1.29, 1.82) is 0 Å². The van der Waals surface area contributed by atoms with Crippen LogP contribution in [0.25, 0.3) is 0 Å². The summed E-state index contributed by atoms with van der Waals surface area (Å²) in [6, 6.07) is 3.24. The molecule has 3 rings (SSSR count). The van der Waals surface area contributed by atoms with Crippen LogP contribution in [-0.4, -0.2) is 71.0 Å². The molecule has 0 saturated heterocycles. The molecule has 21 nitrogen and oxygen atoms in total.